The SMILES string of the molecule is CNCc1nc(-c2cccc(C)c2)c(Cl)[nH]1. The van der Waals surface area contributed by atoms with Crippen molar-refractivity contribution in [2.24, 2.45) is 0 Å². The molecule has 84 valence electrons. The van der Waals surface area contributed by atoms with Gasteiger partial charge in [0.2, 0.25) is 0 Å². The fraction of sp³-hybridized carbons (Fsp3) is 0.250. The molecular weight excluding hydrogens is 222 g/mol. The second-order valence-corrected chi connectivity index (χ2v) is 4.12. The molecule has 0 spiro atoms. The topological polar surface area (TPSA) is 40.7 Å². The minimum atomic E-state index is 0.593. The Morgan fingerprint density at radius 3 is 2.94 bits per heavy atom. The van der Waals surface area contributed by atoms with Gasteiger partial charge in [-0.05, 0) is 20.0 Å². The molecule has 0 fully saturated rings. The first-order valence-corrected chi connectivity index (χ1v) is 5.54. The van der Waals surface area contributed by atoms with Crippen molar-refractivity contribution in [1.29, 1.82) is 0 Å². The van der Waals surface area contributed by atoms with E-state index in [4.69, 9.17) is 11.6 Å². The van der Waals surface area contributed by atoms with Gasteiger partial charge in [0.25, 0.3) is 0 Å². The maximum absolute atomic E-state index is 6.12. The van der Waals surface area contributed by atoms with Crippen molar-refractivity contribution < 1.29 is 0 Å². The standard InChI is InChI=1S/C12H14ClN3/c1-8-4-3-5-9(6-8)11-12(13)16-10(15-11)7-14-2/h3-6,14H,7H2,1-2H3,(H,15,16). The number of rotatable bonds is 3. The van der Waals surface area contributed by atoms with Crippen molar-refractivity contribution in [2.45, 2.75) is 13.5 Å². The van der Waals surface area contributed by atoms with Crippen LogP contribution in [0.5, 0.6) is 0 Å². The number of nitrogens with one attached hydrogen (secondary N) is 2. The third-order valence-electron chi connectivity index (χ3n) is 2.34. The van der Waals surface area contributed by atoms with Gasteiger partial charge >= 0.3 is 0 Å². The summed E-state index contributed by atoms with van der Waals surface area (Å²) < 4.78 is 0. The van der Waals surface area contributed by atoms with E-state index in [-0.39, 0.29) is 0 Å². The molecule has 0 unspecified atom stereocenters. The van der Waals surface area contributed by atoms with Gasteiger partial charge in [0.1, 0.15) is 16.7 Å². The monoisotopic (exact) mass is 235 g/mol. The van der Waals surface area contributed by atoms with E-state index >= 15 is 0 Å². The molecule has 1 aromatic carbocycles. The Labute approximate surface area is 99.9 Å². The first-order chi connectivity index (χ1) is 7.70. The maximum Gasteiger partial charge on any atom is 0.134 e. The summed E-state index contributed by atoms with van der Waals surface area (Å²) in [4.78, 5) is 7.52. The molecule has 3 nitrogen and oxygen atoms in total. The summed E-state index contributed by atoms with van der Waals surface area (Å²) in [5.41, 5.74) is 3.06. The highest BCUT2D eigenvalue weighted by Gasteiger charge is 2.09. The fourth-order valence-corrected chi connectivity index (χ4v) is 1.89. The number of halogens is 1. The normalized spacial score (nSPS) is 10.7. The van der Waals surface area contributed by atoms with Crippen molar-refractivity contribution >= 4 is 11.6 Å². The van der Waals surface area contributed by atoms with Crippen molar-refractivity contribution in [1.82, 2.24) is 15.3 Å². The molecule has 0 aliphatic carbocycles. The average molecular weight is 236 g/mol. The first kappa shape index (κ1) is 11.2. The van der Waals surface area contributed by atoms with Crippen LogP contribution in [-0.4, -0.2) is 17.0 Å². The maximum atomic E-state index is 6.12. The lowest BCUT2D eigenvalue weighted by Crippen LogP contribution is -2.06. The number of aromatic amines is 1. The van der Waals surface area contributed by atoms with Gasteiger partial charge in [0.15, 0.2) is 0 Å². The molecule has 0 saturated heterocycles. The van der Waals surface area contributed by atoms with Crippen LogP contribution in [0.4, 0.5) is 0 Å². The van der Waals surface area contributed by atoms with Gasteiger partial charge in [-0.15, -0.1) is 0 Å². The Balaban J connectivity index is 2.40. The van der Waals surface area contributed by atoms with E-state index in [1.807, 2.05) is 19.2 Å². The third kappa shape index (κ3) is 2.26. The van der Waals surface area contributed by atoms with E-state index in [1.54, 1.807) is 0 Å². The number of aromatic nitrogens is 2. The van der Waals surface area contributed by atoms with Crippen LogP contribution in [0.25, 0.3) is 11.3 Å². The first-order valence-electron chi connectivity index (χ1n) is 5.16. The van der Waals surface area contributed by atoms with Crippen molar-refractivity contribution in [3.63, 3.8) is 0 Å². The van der Waals surface area contributed by atoms with Gasteiger partial charge in [-0.1, -0.05) is 35.4 Å². The summed E-state index contributed by atoms with van der Waals surface area (Å²) in [5.74, 6) is 0.851. The Kier molecular flexibility index (Phi) is 3.27. The smallest absolute Gasteiger partial charge is 0.134 e. The second-order valence-electron chi connectivity index (χ2n) is 3.75. The van der Waals surface area contributed by atoms with Crippen LogP contribution < -0.4 is 5.32 Å². The van der Waals surface area contributed by atoms with Gasteiger partial charge in [-0.2, -0.15) is 0 Å². The molecule has 0 radical (unpaired) electrons. The third-order valence-corrected chi connectivity index (χ3v) is 2.62. The summed E-state index contributed by atoms with van der Waals surface area (Å²) in [7, 11) is 1.88. The number of imidazole rings is 1. The van der Waals surface area contributed by atoms with Crippen LogP contribution in [0, 0.1) is 6.92 Å². The zero-order valence-electron chi connectivity index (χ0n) is 9.34. The highest BCUT2D eigenvalue weighted by Crippen LogP contribution is 2.25. The van der Waals surface area contributed by atoms with Gasteiger partial charge in [0, 0.05) is 5.56 Å². The average Bonchev–Trinajstić information content (AvgIpc) is 2.60. The van der Waals surface area contributed by atoms with E-state index < -0.39 is 0 Å². The molecule has 4 heteroatoms. The molecule has 2 N–H and O–H groups in total. The second kappa shape index (κ2) is 4.68. The van der Waals surface area contributed by atoms with Crippen LogP contribution >= 0.6 is 11.6 Å². The number of nitrogens with zero attached hydrogens (tertiary/aromatic N) is 1. The van der Waals surface area contributed by atoms with E-state index in [1.165, 1.54) is 5.56 Å². The van der Waals surface area contributed by atoms with Gasteiger partial charge in [-0.25, -0.2) is 4.98 Å². The van der Waals surface area contributed by atoms with Crippen LogP contribution in [0.1, 0.15) is 11.4 Å². The molecule has 2 aromatic rings. The van der Waals surface area contributed by atoms with Crippen LogP contribution in [0.3, 0.4) is 0 Å². The number of hydrogen-bond donors (Lipinski definition) is 2. The van der Waals surface area contributed by atoms with Crippen LogP contribution in [-0.2, 0) is 6.54 Å². The Morgan fingerprint density at radius 2 is 2.25 bits per heavy atom. The quantitative estimate of drug-likeness (QED) is 0.859. The molecule has 0 saturated carbocycles. The van der Waals surface area contributed by atoms with Crippen LogP contribution in [0.2, 0.25) is 5.15 Å². The predicted octanol–water partition coefficient (Wildman–Crippen LogP) is 2.76. The fourth-order valence-electron chi connectivity index (χ4n) is 1.63. The van der Waals surface area contributed by atoms with Gasteiger partial charge < -0.3 is 10.3 Å². The Hall–Kier alpha value is -1.32. The number of benzene rings is 1. The summed E-state index contributed by atoms with van der Waals surface area (Å²) in [6, 6.07) is 8.15. The molecule has 1 aromatic heterocycles. The van der Waals surface area contributed by atoms with Crippen molar-refractivity contribution in [3.8, 4) is 11.3 Å². The van der Waals surface area contributed by atoms with E-state index in [0.717, 1.165) is 17.1 Å². The zero-order valence-corrected chi connectivity index (χ0v) is 10.1. The summed E-state index contributed by atoms with van der Waals surface area (Å²) in [6.45, 7) is 2.74. The lowest BCUT2D eigenvalue weighted by Gasteiger charge is -1.98. The Bertz CT molecular complexity index is 491. The van der Waals surface area contributed by atoms with E-state index in [2.05, 4.69) is 34.3 Å². The lowest BCUT2D eigenvalue weighted by atomic mass is 10.1. The molecule has 0 aliphatic heterocycles. The van der Waals surface area contributed by atoms with Gasteiger partial charge in [-0.3, -0.25) is 0 Å². The molecule has 0 amide bonds. The Morgan fingerprint density at radius 1 is 1.44 bits per heavy atom. The largest absolute Gasteiger partial charge is 0.331 e. The van der Waals surface area contributed by atoms with Crippen molar-refractivity contribution in [2.75, 3.05) is 7.05 Å². The van der Waals surface area contributed by atoms with E-state index in [9.17, 15) is 0 Å². The number of hydrogen-bond acceptors (Lipinski definition) is 2. The summed E-state index contributed by atoms with van der Waals surface area (Å²) >= 11 is 6.12. The highest BCUT2D eigenvalue weighted by atomic mass is 35.5. The van der Waals surface area contributed by atoms with Crippen LogP contribution in [0.15, 0.2) is 24.3 Å². The minimum Gasteiger partial charge on any atom is -0.331 e. The number of H-pyrrole nitrogens is 1. The molecule has 0 atom stereocenters. The highest BCUT2D eigenvalue weighted by molar-refractivity contribution is 6.31. The van der Waals surface area contributed by atoms with Crippen molar-refractivity contribution in [3.05, 3.63) is 40.8 Å². The molecule has 0 aliphatic rings. The summed E-state index contributed by atoms with van der Waals surface area (Å²) in [5, 5.41) is 3.63. The predicted molar refractivity (Wildman–Crippen MR) is 66.5 cm³/mol. The lowest BCUT2D eigenvalue weighted by molar-refractivity contribution is 0.772. The molecule has 16 heavy (non-hydrogen) atoms. The summed E-state index contributed by atoms with van der Waals surface area (Å²) in [6.07, 6.45) is 0. The zero-order chi connectivity index (χ0) is 11.5. The minimum absolute atomic E-state index is 0.593. The van der Waals surface area contributed by atoms with Gasteiger partial charge in [0.05, 0.1) is 6.54 Å². The molecule has 2 rings (SSSR count). The molecule has 0 bridgehead atoms. The molecule has 1 heterocycles. The number of aryl methyl sites for hydroxylation is 1. The molecular formula is C12H14ClN3. The van der Waals surface area contributed by atoms with E-state index in [0.29, 0.717) is 11.7 Å².